The Hall–Kier alpha value is -5.27. The Bertz CT molecular complexity index is 1840. The second-order valence-electron chi connectivity index (χ2n) is 11.4. The third-order valence-electron chi connectivity index (χ3n) is 8.15. The van der Waals surface area contributed by atoms with Gasteiger partial charge in [0.05, 0.1) is 34.2 Å². The van der Waals surface area contributed by atoms with Crippen LogP contribution < -0.4 is 19.9 Å². The number of hydrogen-bond acceptors (Lipinski definition) is 7. The van der Waals surface area contributed by atoms with Crippen molar-refractivity contribution in [2.45, 2.75) is 12.3 Å². The van der Waals surface area contributed by atoms with Crippen molar-refractivity contribution in [3.05, 3.63) is 119 Å². The smallest absolute Gasteiger partial charge is 0.416 e. The molecule has 1 atom stereocenters. The predicted octanol–water partition coefficient (Wildman–Crippen LogP) is 5.35. The van der Waals surface area contributed by atoms with Crippen LogP contribution >= 0.6 is 0 Å². The molecule has 9 nitrogen and oxygen atoms in total. The van der Waals surface area contributed by atoms with Gasteiger partial charge in [-0.15, -0.1) is 0 Å². The summed E-state index contributed by atoms with van der Waals surface area (Å²) in [6.07, 6.45) is -5.58. The zero-order chi connectivity index (χ0) is 34.0. The van der Waals surface area contributed by atoms with E-state index in [1.165, 1.54) is 36.4 Å². The minimum Gasteiger partial charge on any atom is -0.455 e. The number of β-amino-alcohol motifs (C(OH)–C–C–N with tert-alkyl or cyclic N) is 1. The number of alkyl halides is 3. The predicted molar refractivity (Wildman–Crippen MR) is 169 cm³/mol. The fourth-order valence-corrected chi connectivity index (χ4v) is 5.73. The highest BCUT2D eigenvalue weighted by molar-refractivity contribution is 6.34. The number of halogens is 4. The molecule has 1 unspecified atom stereocenters. The normalized spacial score (nSPS) is 15.8. The Morgan fingerprint density at radius 2 is 1.58 bits per heavy atom. The van der Waals surface area contributed by atoms with Crippen molar-refractivity contribution in [2.75, 3.05) is 49.1 Å². The zero-order valence-electron chi connectivity index (χ0n) is 25.4. The number of imide groups is 1. The maximum atomic E-state index is 14.0. The Kier molecular flexibility index (Phi) is 9.16. The minimum absolute atomic E-state index is 0.0347. The van der Waals surface area contributed by atoms with Crippen LogP contribution in [0, 0.1) is 5.82 Å². The van der Waals surface area contributed by atoms with Crippen molar-refractivity contribution in [1.82, 2.24) is 10.2 Å². The lowest BCUT2D eigenvalue weighted by Gasteiger charge is -2.37. The SMILES string of the molecule is O=C(NCC(O)CN1CCN(c2ccc(F)cc2Oc2ccccc2)CC1)c1ccc2c(c1)C(=O)N(c1cccc(C(F)(F)F)c1)C2=O. The molecule has 0 saturated carbocycles. The fraction of sp³-hybridized carbons (Fsp3) is 0.229. The summed E-state index contributed by atoms with van der Waals surface area (Å²) in [6, 6.07) is 21.2. The summed E-state index contributed by atoms with van der Waals surface area (Å²) < 4.78 is 59.6. The number of aliphatic hydroxyl groups excluding tert-OH is 1. The molecule has 0 aromatic heterocycles. The van der Waals surface area contributed by atoms with Gasteiger partial charge in [-0.05, 0) is 60.7 Å². The standard InChI is InChI=1S/C35H30F4N4O5/c36-24-10-12-30(31(19-24)48-27-7-2-1-3-8-27)42-15-13-41(14-16-42)21-26(44)20-40-32(45)22-9-11-28-29(17-22)34(47)43(33(28)46)25-6-4-5-23(18-25)35(37,38)39/h1-12,17-19,26,44H,13-16,20-21H2,(H,40,45). The molecule has 2 N–H and O–H groups in total. The van der Waals surface area contributed by atoms with Crippen LogP contribution in [0.1, 0.15) is 36.6 Å². The van der Waals surface area contributed by atoms with Gasteiger partial charge in [-0.1, -0.05) is 24.3 Å². The van der Waals surface area contributed by atoms with Gasteiger partial charge in [0, 0.05) is 50.9 Å². The zero-order valence-corrected chi connectivity index (χ0v) is 25.4. The van der Waals surface area contributed by atoms with Gasteiger partial charge >= 0.3 is 6.18 Å². The number of carbonyl (C=O) groups is 3. The maximum absolute atomic E-state index is 14.0. The quantitative estimate of drug-likeness (QED) is 0.184. The molecule has 2 heterocycles. The topological polar surface area (TPSA) is 102 Å². The van der Waals surface area contributed by atoms with Crippen LogP contribution in [0.25, 0.3) is 0 Å². The third kappa shape index (κ3) is 7.02. The molecule has 4 aromatic rings. The Labute approximate surface area is 272 Å². The largest absolute Gasteiger partial charge is 0.455 e. The van der Waals surface area contributed by atoms with Crippen LogP contribution in [0.3, 0.4) is 0 Å². The summed E-state index contributed by atoms with van der Waals surface area (Å²) in [5.74, 6) is -1.66. The Balaban J connectivity index is 1.02. The lowest BCUT2D eigenvalue weighted by Crippen LogP contribution is -2.50. The first-order valence-corrected chi connectivity index (χ1v) is 15.1. The molecule has 6 rings (SSSR count). The second-order valence-corrected chi connectivity index (χ2v) is 11.4. The van der Waals surface area contributed by atoms with E-state index in [9.17, 15) is 37.1 Å². The molecule has 2 aliphatic heterocycles. The summed E-state index contributed by atoms with van der Waals surface area (Å²) in [7, 11) is 0. The number of piperazine rings is 1. The van der Waals surface area contributed by atoms with Crippen LogP contribution in [0.2, 0.25) is 0 Å². The van der Waals surface area contributed by atoms with Gasteiger partial charge in [0.1, 0.15) is 11.6 Å². The number of anilines is 2. The lowest BCUT2D eigenvalue weighted by atomic mass is 10.1. The lowest BCUT2D eigenvalue weighted by molar-refractivity contribution is -0.137. The van der Waals surface area contributed by atoms with Crippen molar-refractivity contribution in [1.29, 1.82) is 0 Å². The number of ether oxygens (including phenoxy) is 1. The summed E-state index contributed by atoms with van der Waals surface area (Å²) >= 11 is 0. The molecule has 4 aromatic carbocycles. The van der Waals surface area contributed by atoms with Crippen molar-refractivity contribution in [3.63, 3.8) is 0 Å². The molecule has 1 saturated heterocycles. The monoisotopic (exact) mass is 662 g/mol. The third-order valence-corrected chi connectivity index (χ3v) is 8.15. The van der Waals surface area contributed by atoms with Crippen LogP contribution in [0.5, 0.6) is 11.5 Å². The first-order valence-electron chi connectivity index (χ1n) is 15.1. The van der Waals surface area contributed by atoms with E-state index in [1.807, 2.05) is 23.1 Å². The number of carbonyl (C=O) groups excluding carboxylic acids is 3. The van der Waals surface area contributed by atoms with Gasteiger partial charge in [-0.2, -0.15) is 13.2 Å². The van der Waals surface area contributed by atoms with E-state index >= 15 is 0 Å². The first kappa shape index (κ1) is 32.7. The maximum Gasteiger partial charge on any atom is 0.416 e. The highest BCUT2D eigenvalue weighted by Crippen LogP contribution is 2.36. The number of para-hydroxylation sites is 1. The van der Waals surface area contributed by atoms with Gasteiger partial charge in [-0.3, -0.25) is 19.3 Å². The van der Waals surface area contributed by atoms with Crippen LogP contribution in [-0.4, -0.2) is 73.1 Å². The number of amides is 3. The molecule has 0 bridgehead atoms. The molecule has 13 heteroatoms. The highest BCUT2D eigenvalue weighted by atomic mass is 19.4. The number of rotatable bonds is 9. The van der Waals surface area contributed by atoms with Gasteiger partial charge in [-0.25, -0.2) is 9.29 Å². The molecule has 1 fully saturated rings. The number of benzene rings is 4. The van der Waals surface area contributed by atoms with E-state index < -0.39 is 41.4 Å². The van der Waals surface area contributed by atoms with Crippen molar-refractivity contribution in [2.24, 2.45) is 0 Å². The molecule has 0 radical (unpaired) electrons. The molecule has 0 aliphatic carbocycles. The summed E-state index contributed by atoms with van der Waals surface area (Å²) in [4.78, 5) is 43.7. The van der Waals surface area contributed by atoms with Crippen molar-refractivity contribution >= 4 is 29.1 Å². The number of aliphatic hydroxyl groups is 1. The molecular formula is C35H30F4N4O5. The molecular weight excluding hydrogens is 632 g/mol. The molecule has 248 valence electrons. The van der Waals surface area contributed by atoms with E-state index in [2.05, 4.69) is 10.2 Å². The molecule has 0 spiro atoms. The van der Waals surface area contributed by atoms with Gasteiger partial charge < -0.3 is 20.1 Å². The first-order chi connectivity index (χ1) is 23.0. The van der Waals surface area contributed by atoms with Crippen LogP contribution in [0.15, 0.2) is 91.0 Å². The average Bonchev–Trinajstić information content (AvgIpc) is 3.32. The number of nitrogens with zero attached hydrogens (tertiary/aromatic N) is 3. The van der Waals surface area contributed by atoms with Gasteiger partial charge in [0.2, 0.25) is 0 Å². The second kappa shape index (κ2) is 13.5. The van der Waals surface area contributed by atoms with E-state index in [0.29, 0.717) is 42.6 Å². The van der Waals surface area contributed by atoms with Crippen LogP contribution in [0.4, 0.5) is 28.9 Å². The van der Waals surface area contributed by atoms with Crippen molar-refractivity contribution in [3.8, 4) is 11.5 Å². The number of hydrogen-bond donors (Lipinski definition) is 2. The van der Waals surface area contributed by atoms with E-state index in [1.54, 1.807) is 18.2 Å². The Morgan fingerprint density at radius 3 is 2.31 bits per heavy atom. The highest BCUT2D eigenvalue weighted by Gasteiger charge is 2.39. The summed E-state index contributed by atoms with van der Waals surface area (Å²) in [5.41, 5.74) is -0.582. The average molecular weight is 663 g/mol. The van der Waals surface area contributed by atoms with E-state index in [0.717, 1.165) is 23.9 Å². The fourth-order valence-electron chi connectivity index (χ4n) is 5.73. The van der Waals surface area contributed by atoms with Gasteiger partial charge in [0.25, 0.3) is 17.7 Å². The minimum atomic E-state index is -4.66. The molecule has 48 heavy (non-hydrogen) atoms. The Morgan fingerprint density at radius 1 is 0.854 bits per heavy atom. The number of nitrogens with one attached hydrogen (secondary N) is 1. The van der Waals surface area contributed by atoms with Gasteiger partial charge in [0.15, 0.2) is 5.75 Å². The molecule has 3 amide bonds. The molecule has 2 aliphatic rings. The number of fused-ring (bicyclic) bond motifs is 1. The van der Waals surface area contributed by atoms with E-state index in [4.69, 9.17) is 4.74 Å². The van der Waals surface area contributed by atoms with E-state index in [-0.39, 0.29) is 35.5 Å². The van der Waals surface area contributed by atoms with Crippen LogP contribution in [-0.2, 0) is 6.18 Å². The summed E-state index contributed by atoms with van der Waals surface area (Å²) in [5, 5.41) is 13.3. The van der Waals surface area contributed by atoms with Crippen molar-refractivity contribution < 1.29 is 41.8 Å². The summed E-state index contributed by atoms with van der Waals surface area (Å²) in [6.45, 7) is 2.55.